The van der Waals surface area contributed by atoms with Gasteiger partial charge in [0.1, 0.15) is 17.3 Å². The van der Waals surface area contributed by atoms with Gasteiger partial charge >= 0.3 is 0 Å². The molecule has 0 aromatic carbocycles. The van der Waals surface area contributed by atoms with Gasteiger partial charge in [-0.2, -0.15) is 5.10 Å². The highest BCUT2D eigenvalue weighted by molar-refractivity contribution is 6.29. The number of rotatable bonds is 6. The zero-order valence-corrected chi connectivity index (χ0v) is 16.5. The summed E-state index contributed by atoms with van der Waals surface area (Å²) in [7, 11) is 0. The Morgan fingerprint density at radius 3 is 2.69 bits per heavy atom. The largest absolute Gasteiger partial charge is 0.454 e. The topological polar surface area (TPSA) is 87.0 Å². The van der Waals surface area contributed by atoms with Gasteiger partial charge in [-0.3, -0.25) is 4.68 Å². The van der Waals surface area contributed by atoms with Gasteiger partial charge in [-0.25, -0.2) is 4.98 Å². The maximum absolute atomic E-state index is 6.26. The van der Waals surface area contributed by atoms with Crippen LogP contribution in [0.5, 0.6) is 11.5 Å². The first kappa shape index (κ1) is 18.3. The van der Waals surface area contributed by atoms with Crippen molar-refractivity contribution < 1.29 is 9.47 Å². The lowest BCUT2D eigenvalue weighted by Gasteiger charge is -2.21. The summed E-state index contributed by atoms with van der Waals surface area (Å²) in [5.41, 5.74) is 1.02. The molecule has 2 fully saturated rings. The molecule has 5 rings (SSSR count). The highest BCUT2D eigenvalue weighted by Gasteiger charge is 2.29. The van der Waals surface area contributed by atoms with E-state index in [9.17, 15) is 0 Å². The maximum Gasteiger partial charge on any atom is 0.168 e. The van der Waals surface area contributed by atoms with Gasteiger partial charge in [0.2, 0.25) is 0 Å². The lowest BCUT2D eigenvalue weighted by Crippen LogP contribution is -2.15. The smallest absolute Gasteiger partial charge is 0.168 e. The van der Waals surface area contributed by atoms with Crippen molar-refractivity contribution in [3.8, 4) is 11.5 Å². The Kier molecular flexibility index (Phi) is 5.03. The summed E-state index contributed by atoms with van der Waals surface area (Å²) in [5, 5.41) is 16.1. The number of halogens is 1. The highest BCUT2D eigenvalue weighted by Crippen LogP contribution is 2.40. The van der Waals surface area contributed by atoms with Gasteiger partial charge in [-0.05, 0) is 43.9 Å². The van der Waals surface area contributed by atoms with Gasteiger partial charge in [0.15, 0.2) is 16.7 Å². The maximum atomic E-state index is 6.26. The SMILES string of the molecule is Clc1ccc(Nc2cc(Oc3cn(C4CC4)nc3C3CCOCC3)ccn2)nn1. The third-order valence-electron chi connectivity index (χ3n) is 5.10. The summed E-state index contributed by atoms with van der Waals surface area (Å²) in [6, 6.07) is 7.58. The zero-order valence-electron chi connectivity index (χ0n) is 15.8. The average Bonchev–Trinajstić information content (AvgIpc) is 3.52. The first-order chi connectivity index (χ1) is 14.2. The molecule has 1 aliphatic heterocycles. The van der Waals surface area contributed by atoms with E-state index in [1.165, 1.54) is 12.8 Å². The molecular weight excluding hydrogens is 392 g/mol. The molecule has 0 atom stereocenters. The van der Waals surface area contributed by atoms with Crippen molar-refractivity contribution in [2.75, 3.05) is 18.5 Å². The van der Waals surface area contributed by atoms with Gasteiger partial charge in [0.25, 0.3) is 0 Å². The van der Waals surface area contributed by atoms with Crippen molar-refractivity contribution in [2.45, 2.75) is 37.6 Å². The Morgan fingerprint density at radius 2 is 1.93 bits per heavy atom. The van der Waals surface area contributed by atoms with Crippen LogP contribution < -0.4 is 10.1 Å². The van der Waals surface area contributed by atoms with E-state index in [-0.39, 0.29) is 0 Å². The first-order valence-corrected chi connectivity index (χ1v) is 10.2. The predicted octanol–water partition coefficient (Wildman–Crippen LogP) is 4.49. The normalized spacial score (nSPS) is 17.3. The quantitative estimate of drug-likeness (QED) is 0.638. The van der Waals surface area contributed by atoms with E-state index in [2.05, 4.69) is 25.2 Å². The van der Waals surface area contributed by atoms with Crippen LogP contribution in [-0.2, 0) is 4.74 Å². The average molecular weight is 413 g/mol. The monoisotopic (exact) mass is 412 g/mol. The van der Waals surface area contributed by atoms with Crippen LogP contribution in [0.1, 0.15) is 43.3 Å². The first-order valence-electron chi connectivity index (χ1n) is 9.81. The summed E-state index contributed by atoms with van der Waals surface area (Å²) in [4.78, 5) is 4.33. The lowest BCUT2D eigenvalue weighted by atomic mass is 9.96. The van der Waals surface area contributed by atoms with Crippen LogP contribution in [0.3, 0.4) is 0 Å². The minimum atomic E-state index is 0.342. The van der Waals surface area contributed by atoms with E-state index in [1.807, 2.05) is 18.3 Å². The second-order valence-corrected chi connectivity index (χ2v) is 7.71. The molecule has 0 bridgehead atoms. The molecule has 1 saturated carbocycles. The second-order valence-electron chi connectivity index (χ2n) is 7.32. The predicted molar refractivity (Wildman–Crippen MR) is 108 cm³/mol. The molecule has 2 aliphatic rings. The number of anilines is 2. The van der Waals surface area contributed by atoms with Crippen LogP contribution >= 0.6 is 11.6 Å². The third-order valence-corrected chi connectivity index (χ3v) is 5.30. The van der Waals surface area contributed by atoms with Crippen LogP contribution in [0.4, 0.5) is 11.6 Å². The summed E-state index contributed by atoms with van der Waals surface area (Å²) in [6.07, 6.45) is 8.02. The molecule has 29 heavy (non-hydrogen) atoms. The van der Waals surface area contributed by atoms with Crippen molar-refractivity contribution in [3.05, 3.63) is 47.5 Å². The second kappa shape index (κ2) is 7.96. The lowest BCUT2D eigenvalue weighted by molar-refractivity contribution is 0.0839. The van der Waals surface area contributed by atoms with Crippen LogP contribution in [0, 0.1) is 0 Å². The number of ether oxygens (including phenoxy) is 2. The number of hydrogen-bond donors (Lipinski definition) is 1. The highest BCUT2D eigenvalue weighted by atomic mass is 35.5. The number of aromatic nitrogens is 5. The molecule has 0 unspecified atom stereocenters. The van der Waals surface area contributed by atoms with E-state index in [1.54, 1.807) is 18.3 Å². The minimum absolute atomic E-state index is 0.342. The summed E-state index contributed by atoms with van der Waals surface area (Å²) in [6.45, 7) is 1.54. The van der Waals surface area contributed by atoms with Crippen LogP contribution in [0.25, 0.3) is 0 Å². The standard InChI is InChI=1S/C20H21ClN6O2/c21-17-3-4-18(25-24-17)23-19-11-15(5-8-22-19)29-16-12-27(14-1-2-14)26-20(16)13-6-9-28-10-7-13/h3-5,8,11-14H,1-2,6-7,9-10H2,(H,22,23,25). The van der Waals surface area contributed by atoms with Crippen molar-refractivity contribution >= 4 is 23.2 Å². The van der Waals surface area contributed by atoms with E-state index in [4.69, 9.17) is 26.2 Å². The summed E-state index contributed by atoms with van der Waals surface area (Å²) < 4.78 is 13.8. The molecule has 8 nitrogen and oxygen atoms in total. The zero-order chi connectivity index (χ0) is 19.6. The van der Waals surface area contributed by atoms with Crippen LogP contribution in [0.2, 0.25) is 5.15 Å². The van der Waals surface area contributed by atoms with E-state index >= 15 is 0 Å². The van der Waals surface area contributed by atoms with E-state index in [0.29, 0.717) is 34.5 Å². The Labute approximate surface area is 173 Å². The Bertz CT molecular complexity index is 983. The van der Waals surface area contributed by atoms with Crippen molar-refractivity contribution in [1.29, 1.82) is 0 Å². The van der Waals surface area contributed by atoms with Crippen LogP contribution in [-0.4, -0.2) is 38.2 Å². The summed E-state index contributed by atoms with van der Waals surface area (Å²) in [5.74, 6) is 3.03. The number of hydrogen-bond acceptors (Lipinski definition) is 7. The third kappa shape index (κ3) is 4.33. The minimum Gasteiger partial charge on any atom is -0.454 e. The van der Waals surface area contributed by atoms with Gasteiger partial charge in [0, 0.05) is 31.4 Å². The van der Waals surface area contributed by atoms with Gasteiger partial charge in [0.05, 0.1) is 12.2 Å². The molecule has 4 heterocycles. The Balaban J connectivity index is 1.37. The molecule has 3 aromatic heterocycles. The number of nitrogens with one attached hydrogen (secondary N) is 1. The molecule has 0 spiro atoms. The number of nitrogens with zero attached hydrogens (tertiary/aromatic N) is 5. The molecule has 0 amide bonds. The Hall–Kier alpha value is -2.71. The molecule has 3 aromatic rings. The number of pyridine rings is 1. The van der Waals surface area contributed by atoms with Crippen molar-refractivity contribution in [3.63, 3.8) is 0 Å². The Morgan fingerprint density at radius 1 is 1.07 bits per heavy atom. The van der Waals surface area contributed by atoms with E-state index in [0.717, 1.165) is 37.5 Å². The van der Waals surface area contributed by atoms with Gasteiger partial charge < -0.3 is 14.8 Å². The van der Waals surface area contributed by atoms with Crippen molar-refractivity contribution in [2.24, 2.45) is 0 Å². The molecular formula is C20H21ClN6O2. The summed E-state index contributed by atoms with van der Waals surface area (Å²) >= 11 is 5.78. The molecule has 1 saturated heterocycles. The fraction of sp³-hybridized carbons (Fsp3) is 0.400. The van der Waals surface area contributed by atoms with E-state index < -0.39 is 0 Å². The van der Waals surface area contributed by atoms with Gasteiger partial charge in [-0.1, -0.05) is 11.6 Å². The fourth-order valence-electron chi connectivity index (χ4n) is 3.43. The molecule has 1 aliphatic carbocycles. The van der Waals surface area contributed by atoms with Crippen molar-refractivity contribution in [1.82, 2.24) is 25.0 Å². The van der Waals surface area contributed by atoms with Crippen LogP contribution in [0.15, 0.2) is 36.7 Å². The fourth-order valence-corrected chi connectivity index (χ4v) is 3.53. The van der Waals surface area contributed by atoms with Gasteiger partial charge in [-0.15, -0.1) is 10.2 Å². The molecule has 150 valence electrons. The molecule has 0 radical (unpaired) electrons. The molecule has 1 N–H and O–H groups in total. The molecule has 9 heteroatoms.